The van der Waals surface area contributed by atoms with Crippen molar-refractivity contribution < 1.29 is 9.53 Å². The minimum absolute atomic E-state index is 0.220. The van der Waals surface area contributed by atoms with Crippen LogP contribution in [0.1, 0.15) is 16.1 Å². The predicted molar refractivity (Wildman–Crippen MR) is 96.9 cm³/mol. The Morgan fingerprint density at radius 3 is 2.85 bits per heavy atom. The number of hydrogen-bond donors (Lipinski definition) is 2. The number of carbonyl (C=O) groups is 1. The van der Waals surface area contributed by atoms with Gasteiger partial charge in [0, 0.05) is 24.0 Å². The Balaban J connectivity index is 1.55. The van der Waals surface area contributed by atoms with Gasteiger partial charge in [-0.3, -0.25) is 14.9 Å². The first kappa shape index (κ1) is 15.8. The van der Waals surface area contributed by atoms with Crippen LogP contribution in [0.5, 0.6) is 5.75 Å². The van der Waals surface area contributed by atoms with E-state index in [-0.39, 0.29) is 11.6 Å². The zero-order valence-corrected chi connectivity index (χ0v) is 13.7. The molecule has 1 aromatic carbocycles. The lowest BCUT2D eigenvalue weighted by molar-refractivity contribution is 0.101. The Morgan fingerprint density at radius 2 is 1.96 bits per heavy atom. The van der Waals surface area contributed by atoms with Gasteiger partial charge in [0.05, 0.1) is 17.4 Å². The summed E-state index contributed by atoms with van der Waals surface area (Å²) in [4.78, 5) is 20.9. The van der Waals surface area contributed by atoms with Gasteiger partial charge < -0.3 is 10.1 Å². The van der Waals surface area contributed by atoms with E-state index in [0.717, 1.165) is 16.5 Å². The van der Waals surface area contributed by atoms with Crippen molar-refractivity contribution in [1.29, 1.82) is 0 Å². The fraction of sp³-hybridized carbons (Fsp3) is 0.0526. The van der Waals surface area contributed by atoms with Gasteiger partial charge in [0.25, 0.3) is 5.91 Å². The number of H-pyrrole nitrogens is 1. The molecule has 128 valence electrons. The van der Waals surface area contributed by atoms with Crippen molar-refractivity contribution in [2.24, 2.45) is 0 Å². The van der Waals surface area contributed by atoms with Gasteiger partial charge in [0.15, 0.2) is 11.4 Å². The van der Waals surface area contributed by atoms with Crippen molar-refractivity contribution in [2.75, 3.05) is 5.32 Å². The van der Waals surface area contributed by atoms with Gasteiger partial charge >= 0.3 is 0 Å². The number of fused-ring (bicyclic) bond motifs is 1. The maximum atomic E-state index is 12.7. The molecule has 3 heterocycles. The first-order valence-electron chi connectivity index (χ1n) is 8.01. The summed E-state index contributed by atoms with van der Waals surface area (Å²) in [5.74, 6) is 0.0658. The van der Waals surface area contributed by atoms with Gasteiger partial charge in [-0.1, -0.05) is 12.1 Å². The third-order valence-corrected chi connectivity index (χ3v) is 3.85. The molecule has 26 heavy (non-hydrogen) atoms. The summed E-state index contributed by atoms with van der Waals surface area (Å²) < 4.78 is 5.78. The highest BCUT2D eigenvalue weighted by Crippen LogP contribution is 2.23. The van der Waals surface area contributed by atoms with Crippen molar-refractivity contribution >= 4 is 22.5 Å². The third kappa shape index (κ3) is 3.23. The summed E-state index contributed by atoms with van der Waals surface area (Å²) in [6.07, 6.45) is 6.65. The number of para-hydroxylation sites is 1. The SMILES string of the molecule is O=C(Nc1cccc2cn[nH]c12)c1ncccc1OCc1ccncc1. The van der Waals surface area contributed by atoms with Crippen LogP contribution < -0.4 is 10.1 Å². The average molecular weight is 345 g/mol. The van der Waals surface area contributed by atoms with Gasteiger partial charge in [-0.05, 0) is 35.9 Å². The van der Waals surface area contributed by atoms with Crippen molar-refractivity contribution in [3.63, 3.8) is 0 Å². The molecule has 4 aromatic rings. The lowest BCUT2D eigenvalue weighted by atomic mass is 10.2. The molecule has 0 bridgehead atoms. The van der Waals surface area contributed by atoms with Crippen LogP contribution in [0.3, 0.4) is 0 Å². The fourth-order valence-corrected chi connectivity index (χ4v) is 2.57. The molecule has 0 radical (unpaired) electrons. The van der Waals surface area contributed by atoms with Gasteiger partial charge in [-0.15, -0.1) is 0 Å². The molecular weight excluding hydrogens is 330 g/mol. The fourth-order valence-electron chi connectivity index (χ4n) is 2.57. The van der Waals surface area contributed by atoms with E-state index in [2.05, 4.69) is 25.5 Å². The highest BCUT2D eigenvalue weighted by Gasteiger charge is 2.16. The largest absolute Gasteiger partial charge is 0.486 e. The normalized spacial score (nSPS) is 10.6. The molecule has 3 aromatic heterocycles. The monoisotopic (exact) mass is 345 g/mol. The van der Waals surface area contributed by atoms with Crippen molar-refractivity contribution in [3.05, 3.63) is 78.5 Å². The van der Waals surface area contributed by atoms with Gasteiger partial charge in [0.2, 0.25) is 0 Å². The number of ether oxygens (including phenoxy) is 1. The van der Waals surface area contributed by atoms with Crippen LogP contribution in [-0.2, 0) is 6.61 Å². The summed E-state index contributed by atoms with van der Waals surface area (Å²) in [5.41, 5.74) is 2.57. The minimum atomic E-state index is -0.350. The van der Waals surface area contributed by atoms with Crippen LogP contribution in [0.2, 0.25) is 0 Å². The number of anilines is 1. The molecule has 0 aliphatic carbocycles. The Hall–Kier alpha value is -3.74. The maximum Gasteiger partial charge on any atom is 0.278 e. The molecular formula is C19H15N5O2. The lowest BCUT2D eigenvalue weighted by Crippen LogP contribution is -2.15. The molecule has 0 aliphatic heterocycles. The number of benzene rings is 1. The molecule has 0 unspecified atom stereocenters. The number of nitrogens with zero attached hydrogens (tertiary/aromatic N) is 3. The predicted octanol–water partition coefficient (Wildman–Crippen LogP) is 3.18. The molecule has 7 heteroatoms. The van der Waals surface area contributed by atoms with E-state index in [4.69, 9.17) is 4.74 Å². The number of nitrogens with one attached hydrogen (secondary N) is 2. The minimum Gasteiger partial charge on any atom is -0.486 e. The Bertz CT molecular complexity index is 1050. The summed E-state index contributed by atoms with van der Waals surface area (Å²) in [6.45, 7) is 0.324. The number of amides is 1. The smallest absolute Gasteiger partial charge is 0.278 e. The van der Waals surface area contributed by atoms with E-state index in [0.29, 0.717) is 18.0 Å². The van der Waals surface area contributed by atoms with Crippen molar-refractivity contribution in [3.8, 4) is 5.75 Å². The maximum absolute atomic E-state index is 12.7. The second-order valence-corrected chi connectivity index (χ2v) is 5.59. The number of aromatic nitrogens is 4. The molecule has 0 saturated heterocycles. The standard InChI is InChI=1S/C19H15N5O2/c25-19(23-15-4-1-3-14-11-22-24-17(14)15)18-16(5-2-8-21-18)26-12-13-6-9-20-10-7-13/h1-11H,12H2,(H,22,24)(H,23,25). The van der Waals surface area contributed by atoms with Gasteiger partial charge in [-0.25, -0.2) is 4.98 Å². The van der Waals surface area contributed by atoms with Gasteiger partial charge in [-0.2, -0.15) is 5.10 Å². The number of rotatable bonds is 5. The van der Waals surface area contributed by atoms with Crippen LogP contribution in [-0.4, -0.2) is 26.1 Å². The van der Waals surface area contributed by atoms with E-state index in [1.54, 1.807) is 43.0 Å². The van der Waals surface area contributed by atoms with E-state index in [9.17, 15) is 4.79 Å². The Morgan fingerprint density at radius 1 is 1.08 bits per heavy atom. The topological polar surface area (TPSA) is 92.8 Å². The Labute approximate surface area is 149 Å². The van der Waals surface area contributed by atoms with E-state index >= 15 is 0 Å². The molecule has 1 amide bonds. The van der Waals surface area contributed by atoms with Crippen molar-refractivity contribution in [1.82, 2.24) is 20.2 Å². The number of pyridine rings is 2. The average Bonchev–Trinajstić information content (AvgIpc) is 3.17. The van der Waals surface area contributed by atoms with Crippen LogP contribution >= 0.6 is 0 Å². The third-order valence-electron chi connectivity index (χ3n) is 3.85. The van der Waals surface area contributed by atoms with Crippen LogP contribution in [0.4, 0.5) is 5.69 Å². The van der Waals surface area contributed by atoms with Crippen LogP contribution in [0.15, 0.2) is 67.3 Å². The van der Waals surface area contributed by atoms with Crippen molar-refractivity contribution in [2.45, 2.75) is 6.61 Å². The summed E-state index contributed by atoms with van der Waals surface area (Å²) >= 11 is 0. The van der Waals surface area contributed by atoms with E-state index in [1.165, 1.54) is 0 Å². The van der Waals surface area contributed by atoms with E-state index in [1.807, 2.05) is 24.3 Å². The van der Waals surface area contributed by atoms with Gasteiger partial charge in [0.1, 0.15) is 6.61 Å². The van der Waals surface area contributed by atoms with Crippen LogP contribution in [0, 0.1) is 0 Å². The van der Waals surface area contributed by atoms with Crippen LogP contribution in [0.25, 0.3) is 10.9 Å². The number of carbonyl (C=O) groups excluding carboxylic acids is 1. The lowest BCUT2D eigenvalue weighted by Gasteiger charge is -2.11. The molecule has 0 saturated carbocycles. The highest BCUT2D eigenvalue weighted by atomic mass is 16.5. The second kappa shape index (κ2) is 7.02. The quantitative estimate of drug-likeness (QED) is 0.579. The molecule has 7 nitrogen and oxygen atoms in total. The Kier molecular flexibility index (Phi) is 4.26. The molecule has 0 fully saturated rings. The zero-order chi connectivity index (χ0) is 17.8. The molecule has 0 spiro atoms. The molecule has 0 atom stereocenters. The number of aromatic amines is 1. The van der Waals surface area contributed by atoms with E-state index < -0.39 is 0 Å². The first-order valence-corrected chi connectivity index (χ1v) is 8.01. The zero-order valence-electron chi connectivity index (χ0n) is 13.7. The highest BCUT2D eigenvalue weighted by molar-refractivity contribution is 6.08. The molecule has 0 aliphatic rings. The summed E-state index contributed by atoms with van der Waals surface area (Å²) in [5, 5.41) is 10.7. The molecule has 2 N–H and O–H groups in total. The summed E-state index contributed by atoms with van der Waals surface area (Å²) in [6, 6.07) is 12.7. The summed E-state index contributed by atoms with van der Waals surface area (Å²) in [7, 11) is 0. The molecule has 4 rings (SSSR count). The second-order valence-electron chi connectivity index (χ2n) is 5.59. The first-order chi connectivity index (χ1) is 12.8. The number of hydrogen-bond acceptors (Lipinski definition) is 5.